The van der Waals surface area contributed by atoms with E-state index in [1.807, 2.05) is 6.92 Å². The first-order valence-electron chi connectivity index (χ1n) is 7.73. The summed E-state index contributed by atoms with van der Waals surface area (Å²) in [6, 6.07) is 0. The molecule has 0 amide bonds. The molecule has 0 aromatic heterocycles. The van der Waals surface area contributed by atoms with E-state index in [4.69, 9.17) is 0 Å². The van der Waals surface area contributed by atoms with Crippen molar-refractivity contribution in [1.29, 1.82) is 0 Å². The van der Waals surface area contributed by atoms with Gasteiger partial charge >= 0.3 is 91.0 Å². The van der Waals surface area contributed by atoms with Crippen LogP contribution in [0, 0.1) is 0 Å². The molecule has 0 unspecified atom stereocenters. The Hall–Kier alpha value is 0.492. The second kappa shape index (κ2) is 21.7. The summed E-state index contributed by atoms with van der Waals surface area (Å²) < 4.78 is 0. The minimum atomic E-state index is 0.0694. The summed E-state index contributed by atoms with van der Waals surface area (Å²) >= 11 is 0.805. The number of hydrogen-bond donors (Lipinski definition) is 0. The molecule has 0 aliphatic rings. The molecule has 0 saturated heterocycles. The molecule has 0 aliphatic carbocycles. The summed E-state index contributed by atoms with van der Waals surface area (Å²) in [6.07, 6.45) is 12.4. The van der Waals surface area contributed by atoms with Crippen LogP contribution in [0.4, 0.5) is 0 Å². The molecule has 2 heteroatoms. The van der Waals surface area contributed by atoms with Crippen LogP contribution < -0.4 is 5.11 Å². The monoisotopic (exact) mass is 256 g/mol. The first-order valence-corrected chi connectivity index (χ1v) is 9.36. The van der Waals surface area contributed by atoms with Crippen molar-refractivity contribution in [3.8, 4) is 0 Å². The third-order valence-electron chi connectivity index (χ3n) is 2.73. The Bertz CT molecular complexity index is 95.1. The van der Waals surface area contributed by atoms with Crippen LogP contribution in [0.2, 0.25) is 10.6 Å². The molecular formula is C15H33AlO. The molecule has 0 spiro atoms. The normalized spacial score (nSPS) is 9.41. The quantitative estimate of drug-likeness (QED) is 0.396. The van der Waals surface area contributed by atoms with E-state index in [2.05, 4.69) is 13.8 Å². The zero-order valence-corrected chi connectivity index (χ0v) is 13.6. The van der Waals surface area contributed by atoms with Crippen LogP contribution >= 0.6 is 0 Å². The summed E-state index contributed by atoms with van der Waals surface area (Å²) in [5.41, 5.74) is 0. The van der Waals surface area contributed by atoms with Gasteiger partial charge in [0.2, 0.25) is 0 Å². The van der Waals surface area contributed by atoms with Crippen molar-refractivity contribution >= 4 is 15.2 Å². The largest absolute Gasteiger partial charge is 0.854 e. The van der Waals surface area contributed by atoms with Crippen LogP contribution in [-0.4, -0.2) is 21.8 Å². The number of unbranched alkanes of at least 4 members (excludes halogenated alkanes) is 6. The second-order valence-corrected chi connectivity index (χ2v) is 6.42. The first kappa shape index (κ1) is 19.8. The standard InChI is InChI=1S/2C6H13.C3H7O.Al/c2*1-3-5-6-4-2;1-2-3-4;/h2*1,3-6H2,2H3;2-3H2,1H3;/q;;-1;+1. The molecule has 0 atom stereocenters. The zero-order chi connectivity index (χ0) is 13.2. The third kappa shape index (κ3) is 26.2. The molecule has 0 radical (unpaired) electrons. The van der Waals surface area contributed by atoms with Gasteiger partial charge in [-0.25, -0.2) is 0 Å². The van der Waals surface area contributed by atoms with E-state index in [1.165, 1.54) is 51.4 Å². The Balaban J connectivity index is 0. The average molecular weight is 256 g/mol. The molecule has 0 N–H and O–H groups in total. The van der Waals surface area contributed by atoms with Gasteiger partial charge in [-0.1, -0.05) is 13.3 Å². The summed E-state index contributed by atoms with van der Waals surface area (Å²) in [5, 5.41) is 12.4. The van der Waals surface area contributed by atoms with Crippen LogP contribution in [0.15, 0.2) is 0 Å². The SMILES string of the molecule is CCCCC[CH2][Al+][CH2]CCCCC.CCC[O-]. The first-order chi connectivity index (χ1) is 8.33. The van der Waals surface area contributed by atoms with Gasteiger partial charge in [0.1, 0.15) is 0 Å². The maximum atomic E-state index is 9.30. The van der Waals surface area contributed by atoms with Crippen molar-refractivity contribution in [3.05, 3.63) is 0 Å². The zero-order valence-electron chi connectivity index (χ0n) is 12.5. The van der Waals surface area contributed by atoms with E-state index < -0.39 is 0 Å². The fourth-order valence-corrected chi connectivity index (χ4v) is 3.02. The van der Waals surface area contributed by atoms with E-state index >= 15 is 0 Å². The molecule has 0 saturated carbocycles. The van der Waals surface area contributed by atoms with E-state index in [9.17, 15) is 5.11 Å². The molecule has 0 fully saturated rings. The predicted molar refractivity (Wildman–Crippen MR) is 78.8 cm³/mol. The van der Waals surface area contributed by atoms with Crippen molar-refractivity contribution in [2.45, 2.75) is 89.1 Å². The molecule has 0 aromatic carbocycles. The van der Waals surface area contributed by atoms with Crippen molar-refractivity contribution in [1.82, 2.24) is 0 Å². The second-order valence-electron chi connectivity index (χ2n) is 4.69. The van der Waals surface area contributed by atoms with Gasteiger partial charge in [0.05, 0.1) is 0 Å². The van der Waals surface area contributed by atoms with E-state index in [0.29, 0.717) is 0 Å². The van der Waals surface area contributed by atoms with Gasteiger partial charge < -0.3 is 5.11 Å². The topological polar surface area (TPSA) is 23.1 Å². The minimum Gasteiger partial charge on any atom is -0.854 e. The van der Waals surface area contributed by atoms with E-state index in [-0.39, 0.29) is 6.61 Å². The van der Waals surface area contributed by atoms with Crippen LogP contribution in [0.25, 0.3) is 0 Å². The Morgan fingerprint density at radius 3 is 1.35 bits per heavy atom. The van der Waals surface area contributed by atoms with Gasteiger partial charge in [-0.2, -0.15) is 0 Å². The Labute approximate surface area is 116 Å². The fraction of sp³-hybridized carbons (Fsp3) is 1.00. The Morgan fingerprint density at radius 2 is 1.06 bits per heavy atom. The van der Waals surface area contributed by atoms with Gasteiger partial charge in [-0.05, 0) is 0 Å². The Morgan fingerprint density at radius 1 is 0.647 bits per heavy atom. The molecule has 0 bridgehead atoms. The molecule has 102 valence electrons. The summed E-state index contributed by atoms with van der Waals surface area (Å²) in [7, 11) is 0. The molecule has 0 rings (SSSR count). The van der Waals surface area contributed by atoms with Crippen LogP contribution in [0.3, 0.4) is 0 Å². The van der Waals surface area contributed by atoms with E-state index in [1.54, 1.807) is 10.6 Å². The minimum absolute atomic E-state index is 0.0694. The summed E-state index contributed by atoms with van der Waals surface area (Å²) in [6.45, 7) is 6.52. The molecule has 0 aromatic rings. The molecule has 0 heterocycles. The third-order valence-corrected chi connectivity index (χ3v) is 4.36. The van der Waals surface area contributed by atoms with Gasteiger partial charge in [0.25, 0.3) is 0 Å². The van der Waals surface area contributed by atoms with Gasteiger partial charge in [-0.3, -0.25) is 0 Å². The van der Waals surface area contributed by atoms with Crippen molar-refractivity contribution in [2.24, 2.45) is 0 Å². The summed E-state index contributed by atoms with van der Waals surface area (Å²) in [5.74, 6) is 0. The van der Waals surface area contributed by atoms with Crippen molar-refractivity contribution in [2.75, 3.05) is 6.61 Å². The molecule has 17 heavy (non-hydrogen) atoms. The van der Waals surface area contributed by atoms with Crippen LogP contribution in [0.1, 0.15) is 78.6 Å². The van der Waals surface area contributed by atoms with Gasteiger partial charge in [-0.15, -0.1) is 6.61 Å². The molecule has 1 nitrogen and oxygen atoms in total. The van der Waals surface area contributed by atoms with Gasteiger partial charge in [0.15, 0.2) is 0 Å². The molecule has 0 aliphatic heterocycles. The fourth-order valence-electron chi connectivity index (χ4n) is 1.58. The maximum absolute atomic E-state index is 9.30. The van der Waals surface area contributed by atoms with Crippen molar-refractivity contribution in [3.63, 3.8) is 0 Å². The summed E-state index contributed by atoms with van der Waals surface area (Å²) in [4.78, 5) is 0. The maximum Gasteiger partial charge on any atom is -0.0667 e. The smallest absolute Gasteiger partial charge is 0.0667 e. The number of rotatable bonds is 11. The van der Waals surface area contributed by atoms with Crippen molar-refractivity contribution < 1.29 is 5.11 Å². The van der Waals surface area contributed by atoms with Crippen LogP contribution in [0.5, 0.6) is 0 Å². The van der Waals surface area contributed by atoms with Crippen LogP contribution in [-0.2, 0) is 0 Å². The van der Waals surface area contributed by atoms with Gasteiger partial charge in [0, 0.05) is 0 Å². The average Bonchev–Trinajstić information content (AvgIpc) is 2.37. The Kier molecular flexibility index (Phi) is 25.4. The number of hydrogen-bond acceptors (Lipinski definition) is 1. The predicted octanol–water partition coefficient (Wildman–Crippen LogP) is 4.44. The molecular weight excluding hydrogens is 223 g/mol. The van der Waals surface area contributed by atoms with E-state index in [0.717, 1.165) is 21.6 Å².